The van der Waals surface area contributed by atoms with Crippen LogP contribution in [0.1, 0.15) is 5.56 Å². The summed E-state index contributed by atoms with van der Waals surface area (Å²) in [5, 5.41) is 1.69. The first-order chi connectivity index (χ1) is 9.45. The van der Waals surface area contributed by atoms with Gasteiger partial charge >= 0.3 is 0 Å². The van der Waals surface area contributed by atoms with Crippen molar-refractivity contribution in [1.82, 2.24) is 0 Å². The molecule has 2 aromatic rings. The lowest BCUT2D eigenvalue weighted by Gasteiger charge is -2.14. The Morgan fingerprint density at radius 2 is 2.10 bits per heavy atom. The van der Waals surface area contributed by atoms with E-state index in [1.54, 1.807) is 29.6 Å². The smallest absolute Gasteiger partial charge is 0.271 e. The molecule has 0 spiro atoms. The molecule has 1 heterocycles. The van der Waals surface area contributed by atoms with Crippen LogP contribution in [0, 0.1) is 0 Å². The van der Waals surface area contributed by atoms with Crippen molar-refractivity contribution in [3.8, 4) is 5.75 Å². The van der Waals surface area contributed by atoms with Crippen LogP contribution < -0.4 is 15.2 Å². The van der Waals surface area contributed by atoms with E-state index in [2.05, 4.69) is 4.72 Å². The molecule has 0 atom stereocenters. The predicted octanol–water partition coefficient (Wildman–Crippen LogP) is 2.19. The van der Waals surface area contributed by atoms with Crippen molar-refractivity contribution in [3.63, 3.8) is 0 Å². The van der Waals surface area contributed by atoms with Gasteiger partial charge in [-0.1, -0.05) is 24.4 Å². The summed E-state index contributed by atoms with van der Waals surface area (Å²) in [6, 6.07) is 8.14. The summed E-state index contributed by atoms with van der Waals surface area (Å²) in [6.07, 6.45) is 0. The van der Waals surface area contributed by atoms with E-state index in [0.717, 1.165) is 11.3 Å². The molecule has 1 aromatic heterocycles. The second kappa shape index (κ2) is 5.78. The largest absolute Gasteiger partial charge is 0.495 e. The van der Waals surface area contributed by atoms with Gasteiger partial charge in [-0.15, -0.1) is 11.3 Å². The Hall–Kier alpha value is -1.64. The Kier molecular flexibility index (Phi) is 4.26. The SMILES string of the molecule is COc1cccc(C(N)=S)c1NS(=O)(=O)c1cccs1. The van der Waals surface area contributed by atoms with E-state index in [-0.39, 0.29) is 14.9 Å². The third-order valence-corrected chi connectivity index (χ3v) is 5.48. The summed E-state index contributed by atoms with van der Waals surface area (Å²) in [7, 11) is -2.24. The van der Waals surface area contributed by atoms with E-state index in [9.17, 15) is 8.42 Å². The molecule has 20 heavy (non-hydrogen) atoms. The average molecular weight is 328 g/mol. The highest BCUT2D eigenvalue weighted by Gasteiger charge is 2.20. The Bertz CT molecular complexity index is 724. The zero-order chi connectivity index (χ0) is 14.8. The third-order valence-electron chi connectivity index (χ3n) is 2.51. The van der Waals surface area contributed by atoms with Gasteiger partial charge in [-0.25, -0.2) is 8.42 Å². The van der Waals surface area contributed by atoms with Crippen LogP contribution in [0.3, 0.4) is 0 Å². The van der Waals surface area contributed by atoms with Crippen LogP contribution >= 0.6 is 23.6 Å². The molecule has 2 rings (SSSR count). The number of sulfonamides is 1. The number of hydrogen-bond acceptors (Lipinski definition) is 5. The zero-order valence-electron chi connectivity index (χ0n) is 10.5. The number of benzene rings is 1. The van der Waals surface area contributed by atoms with Gasteiger partial charge in [0.1, 0.15) is 20.6 Å². The maximum Gasteiger partial charge on any atom is 0.271 e. The normalized spacial score (nSPS) is 11.1. The van der Waals surface area contributed by atoms with Crippen molar-refractivity contribution in [2.45, 2.75) is 4.21 Å². The molecule has 106 valence electrons. The maximum atomic E-state index is 12.3. The zero-order valence-corrected chi connectivity index (χ0v) is 12.9. The molecular formula is C12H12N2O3S3. The first kappa shape index (κ1) is 14.8. The van der Waals surface area contributed by atoms with Crippen LogP contribution in [-0.2, 0) is 10.0 Å². The van der Waals surface area contributed by atoms with Crippen molar-refractivity contribution in [3.05, 3.63) is 41.3 Å². The predicted molar refractivity (Wildman–Crippen MR) is 84.0 cm³/mol. The van der Waals surface area contributed by atoms with Gasteiger partial charge in [0.15, 0.2) is 0 Å². The minimum Gasteiger partial charge on any atom is -0.495 e. The molecule has 8 heteroatoms. The molecule has 0 saturated carbocycles. The van der Waals surface area contributed by atoms with Gasteiger partial charge in [0.25, 0.3) is 10.0 Å². The quantitative estimate of drug-likeness (QED) is 0.822. The summed E-state index contributed by atoms with van der Waals surface area (Å²) in [6.45, 7) is 0. The molecule has 0 amide bonds. The third kappa shape index (κ3) is 2.92. The molecule has 0 bridgehead atoms. The number of nitrogens with one attached hydrogen (secondary N) is 1. The number of thiocarbonyl (C=S) groups is 1. The highest BCUT2D eigenvalue weighted by Crippen LogP contribution is 2.31. The van der Waals surface area contributed by atoms with Crippen molar-refractivity contribution in [1.29, 1.82) is 0 Å². The van der Waals surface area contributed by atoms with Crippen LogP contribution in [0.25, 0.3) is 0 Å². The molecule has 0 aliphatic carbocycles. The van der Waals surface area contributed by atoms with Gasteiger partial charge in [-0.3, -0.25) is 4.72 Å². The fraction of sp³-hybridized carbons (Fsp3) is 0.0833. The van der Waals surface area contributed by atoms with Crippen molar-refractivity contribution in [2.24, 2.45) is 5.73 Å². The standard InChI is InChI=1S/C12H12N2O3S3/c1-17-9-5-2-4-8(12(13)18)11(9)14-20(15,16)10-6-3-7-19-10/h2-7,14H,1H3,(H2,13,18). The molecule has 0 fully saturated rings. The molecule has 1 aromatic carbocycles. The first-order valence-corrected chi connectivity index (χ1v) is 8.26. The molecule has 5 nitrogen and oxygen atoms in total. The molecular weight excluding hydrogens is 316 g/mol. The van der Waals surface area contributed by atoms with Gasteiger partial charge < -0.3 is 10.5 Å². The number of ether oxygens (including phenoxy) is 1. The second-order valence-electron chi connectivity index (χ2n) is 3.78. The minimum atomic E-state index is -3.69. The van der Waals surface area contributed by atoms with E-state index < -0.39 is 10.0 Å². The number of hydrogen-bond donors (Lipinski definition) is 2. The van der Waals surface area contributed by atoms with Gasteiger partial charge in [0, 0.05) is 5.56 Å². The molecule has 0 unspecified atom stereocenters. The summed E-state index contributed by atoms with van der Waals surface area (Å²) in [5.41, 5.74) is 6.28. The fourth-order valence-corrected chi connectivity index (χ4v) is 3.87. The van der Waals surface area contributed by atoms with Gasteiger partial charge in [0.05, 0.1) is 7.11 Å². The number of para-hydroxylation sites is 1. The fourth-order valence-electron chi connectivity index (χ4n) is 1.61. The highest BCUT2D eigenvalue weighted by atomic mass is 32.2. The molecule has 0 aliphatic heterocycles. The van der Waals surface area contributed by atoms with Crippen molar-refractivity contribution in [2.75, 3.05) is 11.8 Å². The summed E-state index contributed by atoms with van der Waals surface area (Å²) in [4.78, 5) is 0.0905. The van der Waals surface area contributed by atoms with Gasteiger partial charge in [0.2, 0.25) is 0 Å². The lowest BCUT2D eigenvalue weighted by molar-refractivity contribution is 0.417. The van der Waals surface area contributed by atoms with Crippen LogP contribution in [0.2, 0.25) is 0 Å². The van der Waals surface area contributed by atoms with Crippen LogP contribution in [0.5, 0.6) is 5.75 Å². The Labute approximate surface area is 126 Å². The molecule has 0 radical (unpaired) electrons. The molecule has 3 N–H and O–H groups in total. The average Bonchev–Trinajstić information content (AvgIpc) is 2.93. The summed E-state index contributed by atoms with van der Waals surface area (Å²) < 4.78 is 32.4. The van der Waals surface area contributed by atoms with Crippen LogP contribution in [-0.4, -0.2) is 20.5 Å². The van der Waals surface area contributed by atoms with E-state index in [1.807, 2.05) is 0 Å². The number of thiophene rings is 1. The summed E-state index contributed by atoms with van der Waals surface area (Å²) >= 11 is 6.06. The highest BCUT2D eigenvalue weighted by molar-refractivity contribution is 7.94. The lowest BCUT2D eigenvalue weighted by Crippen LogP contribution is -2.18. The van der Waals surface area contributed by atoms with Crippen molar-refractivity contribution < 1.29 is 13.2 Å². The van der Waals surface area contributed by atoms with Crippen LogP contribution in [0.15, 0.2) is 39.9 Å². The topological polar surface area (TPSA) is 81.4 Å². The molecule has 0 aliphatic rings. The second-order valence-corrected chi connectivity index (χ2v) is 7.08. The van der Waals surface area contributed by atoms with Crippen molar-refractivity contribution >= 4 is 44.3 Å². The number of anilines is 1. The summed E-state index contributed by atoms with van der Waals surface area (Å²) in [5.74, 6) is 0.357. The van der Waals surface area contributed by atoms with Gasteiger partial charge in [-0.05, 0) is 23.6 Å². The number of rotatable bonds is 5. The first-order valence-electron chi connectivity index (χ1n) is 5.49. The van der Waals surface area contributed by atoms with E-state index >= 15 is 0 Å². The molecule has 0 saturated heterocycles. The van der Waals surface area contributed by atoms with E-state index in [1.165, 1.54) is 13.2 Å². The Morgan fingerprint density at radius 1 is 1.35 bits per heavy atom. The van der Waals surface area contributed by atoms with Crippen LogP contribution in [0.4, 0.5) is 5.69 Å². The minimum absolute atomic E-state index is 0.0905. The number of nitrogens with two attached hydrogens (primary N) is 1. The maximum absolute atomic E-state index is 12.3. The van der Waals surface area contributed by atoms with E-state index in [4.69, 9.17) is 22.7 Å². The van der Waals surface area contributed by atoms with Gasteiger partial charge in [-0.2, -0.15) is 0 Å². The Morgan fingerprint density at radius 3 is 2.65 bits per heavy atom. The number of methoxy groups -OCH3 is 1. The van der Waals surface area contributed by atoms with E-state index in [0.29, 0.717) is 11.3 Å². The monoisotopic (exact) mass is 328 g/mol. The lowest BCUT2D eigenvalue weighted by atomic mass is 10.1. The Balaban J connectivity index is 2.51.